The number of nitrogens with zero attached hydrogens (tertiary/aromatic N) is 2. The highest BCUT2D eigenvalue weighted by Crippen LogP contribution is 2.11. The number of carbonyl (C=O) groups excluding carboxylic acids is 2. The molecule has 1 aliphatic heterocycles. The van der Waals surface area contributed by atoms with Gasteiger partial charge in [-0.2, -0.15) is 0 Å². The van der Waals surface area contributed by atoms with Gasteiger partial charge in [-0.15, -0.1) is 0 Å². The summed E-state index contributed by atoms with van der Waals surface area (Å²) in [6.07, 6.45) is -0.143. The van der Waals surface area contributed by atoms with Crippen LogP contribution in [-0.2, 0) is 19.1 Å². The minimum absolute atomic E-state index is 0.0363. The van der Waals surface area contributed by atoms with Gasteiger partial charge in [0, 0.05) is 20.5 Å². The van der Waals surface area contributed by atoms with Crippen molar-refractivity contribution in [2.45, 2.75) is 19.4 Å². The Kier molecular flexibility index (Phi) is 5.08. The third-order valence-electron chi connectivity index (χ3n) is 2.87. The molecule has 102 valence electrons. The average molecular weight is 258 g/mol. The number of likely N-dealkylation sites (N-methyl/N-ethyl adjacent to an activating group) is 1. The molecule has 1 heterocycles. The molecular weight excluding hydrogens is 240 g/mol. The van der Waals surface area contributed by atoms with Crippen LogP contribution in [-0.4, -0.2) is 72.1 Å². The smallest absolute Gasteiger partial charge is 0.305 e. The van der Waals surface area contributed by atoms with Crippen LogP contribution < -0.4 is 0 Å². The lowest BCUT2D eigenvalue weighted by Crippen LogP contribution is -2.52. The van der Waals surface area contributed by atoms with Gasteiger partial charge in [0.1, 0.15) is 0 Å². The lowest BCUT2D eigenvalue weighted by molar-refractivity contribution is -0.148. The largest absolute Gasteiger partial charge is 0.481 e. The standard InChI is InChI=1S/C11H18N2O5/c1-8(14)12(2)6-10(15)13-3-4-18-7-9(13)5-11(16)17/h9H,3-7H2,1-2H3,(H,16,17). The number of ether oxygens (including phenoxy) is 1. The van der Waals surface area contributed by atoms with Gasteiger partial charge in [0.25, 0.3) is 0 Å². The second kappa shape index (κ2) is 6.34. The highest BCUT2D eigenvalue weighted by molar-refractivity contribution is 5.84. The molecule has 0 aromatic heterocycles. The molecule has 0 spiro atoms. The Hall–Kier alpha value is -1.63. The Bertz CT molecular complexity index is 344. The average Bonchev–Trinajstić information content (AvgIpc) is 2.28. The van der Waals surface area contributed by atoms with Gasteiger partial charge in [-0.1, -0.05) is 0 Å². The molecule has 1 fully saturated rings. The summed E-state index contributed by atoms with van der Waals surface area (Å²) in [6.45, 7) is 2.32. The summed E-state index contributed by atoms with van der Waals surface area (Å²) in [6, 6.07) is -0.455. The SMILES string of the molecule is CC(=O)N(C)CC(=O)N1CCOCC1CC(=O)O. The van der Waals surface area contributed by atoms with E-state index in [4.69, 9.17) is 9.84 Å². The first-order valence-electron chi connectivity index (χ1n) is 5.72. The molecule has 7 heteroatoms. The Morgan fingerprint density at radius 3 is 2.67 bits per heavy atom. The van der Waals surface area contributed by atoms with Gasteiger partial charge in [0.15, 0.2) is 0 Å². The van der Waals surface area contributed by atoms with Crippen molar-refractivity contribution in [2.75, 3.05) is 33.4 Å². The molecule has 2 amide bonds. The molecule has 0 bridgehead atoms. The molecule has 0 radical (unpaired) electrons. The molecule has 0 aliphatic carbocycles. The maximum atomic E-state index is 12.0. The van der Waals surface area contributed by atoms with Crippen LogP contribution in [0.2, 0.25) is 0 Å². The third-order valence-corrected chi connectivity index (χ3v) is 2.87. The summed E-state index contributed by atoms with van der Waals surface area (Å²) in [7, 11) is 1.53. The summed E-state index contributed by atoms with van der Waals surface area (Å²) < 4.78 is 5.18. The normalized spacial score (nSPS) is 19.4. The van der Waals surface area contributed by atoms with E-state index in [0.717, 1.165) is 0 Å². The zero-order valence-corrected chi connectivity index (χ0v) is 10.6. The van der Waals surface area contributed by atoms with Gasteiger partial charge < -0.3 is 19.6 Å². The molecule has 0 aromatic rings. The van der Waals surface area contributed by atoms with E-state index < -0.39 is 12.0 Å². The fourth-order valence-corrected chi connectivity index (χ4v) is 1.76. The number of hydrogen-bond donors (Lipinski definition) is 1. The molecule has 1 rings (SSSR count). The van der Waals surface area contributed by atoms with E-state index in [1.807, 2.05) is 0 Å². The van der Waals surface area contributed by atoms with E-state index in [1.165, 1.54) is 23.8 Å². The minimum atomic E-state index is -0.969. The van der Waals surface area contributed by atoms with Crippen molar-refractivity contribution in [1.82, 2.24) is 9.80 Å². The van der Waals surface area contributed by atoms with Crippen LogP contribution in [0.1, 0.15) is 13.3 Å². The van der Waals surface area contributed by atoms with Crippen molar-refractivity contribution in [3.63, 3.8) is 0 Å². The molecule has 1 aliphatic rings. The van der Waals surface area contributed by atoms with E-state index in [-0.39, 0.29) is 31.4 Å². The number of rotatable bonds is 4. The van der Waals surface area contributed by atoms with Crippen LogP contribution >= 0.6 is 0 Å². The number of hydrogen-bond acceptors (Lipinski definition) is 4. The number of carboxylic acid groups (broad SMARTS) is 1. The first-order valence-corrected chi connectivity index (χ1v) is 5.72. The van der Waals surface area contributed by atoms with Crippen LogP contribution in [0.4, 0.5) is 0 Å². The molecule has 18 heavy (non-hydrogen) atoms. The number of amides is 2. The van der Waals surface area contributed by atoms with Crippen molar-refractivity contribution in [2.24, 2.45) is 0 Å². The Balaban J connectivity index is 2.62. The Morgan fingerprint density at radius 1 is 1.44 bits per heavy atom. The number of aliphatic carboxylic acids is 1. The van der Waals surface area contributed by atoms with Crippen LogP contribution in [0.25, 0.3) is 0 Å². The topological polar surface area (TPSA) is 87.2 Å². The summed E-state index contributed by atoms with van der Waals surface area (Å²) in [4.78, 5) is 36.5. The Labute approximate surface area is 105 Å². The van der Waals surface area contributed by atoms with Crippen molar-refractivity contribution in [3.05, 3.63) is 0 Å². The van der Waals surface area contributed by atoms with Crippen molar-refractivity contribution in [1.29, 1.82) is 0 Å². The highest BCUT2D eigenvalue weighted by atomic mass is 16.5. The van der Waals surface area contributed by atoms with Gasteiger partial charge in [0.05, 0.1) is 32.2 Å². The molecule has 1 atom stereocenters. The summed E-state index contributed by atoms with van der Waals surface area (Å²) in [5, 5.41) is 8.78. The van der Waals surface area contributed by atoms with E-state index in [0.29, 0.717) is 13.2 Å². The molecule has 0 aromatic carbocycles. The maximum Gasteiger partial charge on any atom is 0.305 e. The van der Waals surface area contributed by atoms with E-state index in [1.54, 1.807) is 0 Å². The van der Waals surface area contributed by atoms with E-state index >= 15 is 0 Å². The molecule has 1 unspecified atom stereocenters. The predicted octanol–water partition coefficient (Wildman–Crippen LogP) is -0.833. The van der Waals surface area contributed by atoms with E-state index in [2.05, 4.69) is 0 Å². The predicted molar refractivity (Wildman–Crippen MR) is 61.9 cm³/mol. The van der Waals surface area contributed by atoms with Crippen molar-refractivity contribution < 1.29 is 24.2 Å². The summed E-state index contributed by atoms with van der Waals surface area (Å²) in [5.74, 6) is -1.42. The quantitative estimate of drug-likeness (QED) is 0.711. The Morgan fingerprint density at radius 2 is 2.11 bits per heavy atom. The van der Waals surface area contributed by atoms with Crippen LogP contribution in [0.5, 0.6) is 0 Å². The molecular formula is C11H18N2O5. The maximum absolute atomic E-state index is 12.0. The zero-order chi connectivity index (χ0) is 13.7. The van der Waals surface area contributed by atoms with Gasteiger partial charge >= 0.3 is 5.97 Å². The van der Waals surface area contributed by atoms with Gasteiger partial charge in [-0.25, -0.2) is 0 Å². The molecule has 0 saturated carbocycles. The van der Waals surface area contributed by atoms with Gasteiger partial charge in [-0.3, -0.25) is 14.4 Å². The van der Waals surface area contributed by atoms with Crippen molar-refractivity contribution in [3.8, 4) is 0 Å². The van der Waals surface area contributed by atoms with E-state index in [9.17, 15) is 14.4 Å². The monoisotopic (exact) mass is 258 g/mol. The first-order chi connectivity index (χ1) is 8.41. The zero-order valence-electron chi connectivity index (χ0n) is 10.6. The summed E-state index contributed by atoms with van der Waals surface area (Å²) in [5.41, 5.74) is 0. The number of carbonyl (C=O) groups is 3. The van der Waals surface area contributed by atoms with Crippen LogP contribution in [0.3, 0.4) is 0 Å². The molecule has 1 saturated heterocycles. The number of carboxylic acids is 1. The molecule has 1 N–H and O–H groups in total. The highest BCUT2D eigenvalue weighted by Gasteiger charge is 2.29. The molecule has 7 nitrogen and oxygen atoms in total. The third kappa shape index (κ3) is 3.99. The second-order valence-electron chi connectivity index (χ2n) is 4.29. The van der Waals surface area contributed by atoms with Crippen LogP contribution in [0.15, 0.2) is 0 Å². The minimum Gasteiger partial charge on any atom is -0.481 e. The van der Waals surface area contributed by atoms with Gasteiger partial charge in [-0.05, 0) is 0 Å². The summed E-state index contributed by atoms with van der Waals surface area (Å²) >= 11 is 0. The fourth-order valence-electron chi connectivity index (χ4n) is 1.76. The lowest BCUT2D eigenvalue weighted by atomic mass is 10.1. The second-order valence-corrected chi connectivity index (χ2v) is 4.29. The number of morpholine rings is 1. The fraction of sp³-hybridized carbons (Fsp3) is 0.727. The van der Waals surface area contributed by atoms with Crippen molar-refractivity contribution >= 4 is 17.8 Å². The lowest BCUT2D eigenvalue weighted by Gasteiger charge is -2.35. The van der Waals surface area contributed by atoms with Gasteiger partial charge in [0.2, 0.25) is 11.8 Å². The first kappa shape index (κ1) is 14.4. The van der Waals surface area contributed by atoms with Crippen LogP contribution in [0, 0.1) is 0 Å².